The summed E-state index contributed by atoms with van der Waals surface area (Å²) in [5.41, 5.74) is 1.24. The average Bonchev–Trinajstić information content (AvgIpc) is 2.73. The quantitative estimate of drug-likeness (QED) is 0.540. The van der Waals surface area contributed by atoms with E-state index in [1.807, 2.05) is 37.3 Å². The summed E-state index contributed by atoms with van der Waals surface area (Å²) in [7, 11) is 0. The number of hydrogen-bond donors (Lipinski definition) is 2. The highest BCUT2D eigenvalue weighted by Crippen LogP contribution is 2.27. The molecule has 3 aromatic carbocycles. The van der Waals surface area contributed by atoms with E-state index < -0.39 is 0 Å². The second-order valence-electron chi connectivity index (χ2n) is 6.32. The van der Waals surface area contributed by atoms with E-state index in [0.717, 1.165) is 6.42 Å². The first-order chi connectivity index (χ1) is 14.1. The van der Waals surface area contributed by atoms with Crippen molar-refractivity contribution in [1.29, 1.82) is 0 Å². The minimum atomic E-state index is -0.337. The summed E-state index contributed by atoms with van der Waals surface area (Å²) in [5, 5.41) is 5.85. The molecule has 0 atom stereocenters. The van der Waals surface area contributed by atoms with Crippen LogP contribution in [0.5, 0.6) is 11.5 Å². The molecule has 0 aromatic heterocycles. The maximum atomic E-state index is 12.8. The molecular formula is C23H21ClN2O3. The molecule has 0 saturated heterocycles. The molecule has 148 valence electrons. The van der Waals surface area contributed by atoms with Crippen molar-refractivity contribution in [3.8, 4) is 11.5 Å². The molecule has 0 spiro atoms. The molecule has 0 aliphatic rings. The molecule has 0 unspecified atom stereocenters. The van der Waals surface area contributed by atoms with E-state index in [4.69, 9.17) is 16.3 Å². The average molecular weight is 409 g/mol. The van der Waals surface area contributed by atoms with Gasteiger partial charge in [0, 0.05) is 12.2 Å². The summed E-state index contributed by atoms with van der Waals surface area (Å²) in [6, 6.07) is 21.0. The zero-order valence-electron chi connectivity index (χ0n) is 15.9. The second kappa shape index (κ2) is 9.75. The van der Waals surface area contributed by atoms with Crippen LogP contribution in [0.25, 0.3) is 0 Å². The van der Waals surface area contributed by atoms with Crippen LogP contribution in [-0.4, -0.2) is 18.4 Å². The number of nitrogens with one attached hydrogen (secondary N) is 2. The smallest absolute Gasteiger partial charge is 0.259 e. The zero-order chi connectivity index (χ0) is 20.6. The highest BCUT2D eigenvalue weighted by Gasteiger charge is 2.15. The molecule has 29 heavy (non-hydrogen) atoms. The first kappa shape index (κ1) is 20.4. The van der Waals surface area contributed by atoms with Gasteiger partial charge in [0.2, 0.25) is 0 Å². The van der Waals surface area contributed by atoms with Crippen molar-refractivity contribution in [2.75, 3.05) is 11.9 Å². The van der Waals surface area contributed by atoms with Gasteiger partial charge < -0.3 is 15.4 Å². The molecule has 0 aliphatic carbocycles. The van der Waals surface area contributed by atoms with E-state index >= 15 is 0 Å². The molecule has 0 fully saturated rings. The molecule has 0 bridgehead atoms. The number of carbonyl (C=O) groups is 2. The predicted octanol–water partition coefficient (Wildman–Crippen LogP) is 5.52. The van der Waals surface area contributed by atoms with Crippen LogP contribution in [-0.2, 0) is 0 Å². The predicted molar refractivity (Wildman–Crippen MR) is 115 cm³/mol. The number of benzene rings is 3. The Morgan fingerprint density at radius 1 is 0.897 bits per heavy atom. The Morgan fingerprint density at radius 3 is 2.34 bits per heavy atom. The molecular weight excluding hydrogens is 388 g/mol. The van der Waals surface area contributed by atoms with Crippen molar-refractivity contribution in [3.05, 3.63) is 88.9 Å². The lowest BCUT2D eigenvalue weighted by Gasteiger charge is -2.12. The lowest BCUT2D eigenvalue weighted by atomic mass is 10.1. The first-order valence-corrected chi connectivity index (χ1v) is 9.67. The summed E-state index contributed by atoms with van der Waals surface area (Å²) in [4.78, 5) is 24.9. The summed E-state index contributed by atoms with van der Waals surface area (Å²) >= 11 is 6.23. The van der Waals surface area contributed by atoms with E-state index in [1.165, 1.54) is 0 Å². The fourth-order valence-corrected chi connectivity index (χ4v) is 2.93. The van der Waals surface area contributed by atoms with Crippen LogP contribution in [0, 0.1) is 0 Å². The first-order valence-electron chi connectivity index (χ1n) is 9.29. The van der Waals surface area contributed by atoms with Crippen LogP contribution >= 0.6 is 11.6 Å². The SMILES string of the molecule is CCCNC(=O)c1ccc(NC(=O)c2ccccc2Oc2ccccc2)cc1Cl. The van der Waals surface area contributed by atoms with Crippen LogP contribution in [0.15, 0.2) is 72.8 Å². The molecule has 0 saturated carbocycles. The number of para-hydroxylation sites is 2. The van der Waals surface area contributed by atoms with E-state index in [0.29, 0.717) is 34.9 Å². The Bertz CT molecular complexity index is 1010. The highest BCUT2D eigenvalue weighted by atomic mass is 35.5. The number of halogens is 1. The molecule has 2 amide bonds. The second-order valence-corrected chi connectivity index (χ2v) is 6.72. The molecule has 5 nitrogen and oxygen atoms in total. The molecule has 0 radical (unpaired) electrons. The van der Waals surface area contributed by atoms with Gasteiger partial charge in [-0.2, -0.15) is 0 Å². The summed E-state index contributed by atoms with van der Waals surface area (Å²) in [6.45, 7) is 2.55. The molecule has 2 N–H and O–H groups in total. The lowest BCUT2D eigenvalue weighted by Crippen LogP contribution is -2.24. The Morgan fingerprint density at radius 2 is 1.62 bits per heavy atom. The van der Waals surface area contributed by atoms with E-state index in [2.05, 4.69) is 10.6 Å². The summed E-state index contributed by atoms with van der Waals surface area (Å²) in [6.07, 6.45) is 0.835. The third-order valence-corrected chi connectivity index (χ3v) is 4.42. The minimum absolute atomic E-state index is 0.240. The van der Waals surface area contributed by atoms with Crippen LogP contribution < -0.4 is 15.4 Å². The normalized spacial score (nSPS) is 10.3. The van der Waals surface area contributed by atoms with Gasteiger partial charge >= 0.3 is 0 Å². The number of amides is 2. The molecule has 3 rings (SSSR count). The monoisotopic (exact) mass is 408 g/mol. The van der Waals surface area contributed by atoms with Gasteiger partial charge in [-0.05, 0) is 48.9 Å². The van der Waals surface area contributed by atoms with Crippen molar-refractivity contribution >= 4 is 29.1 Å². The Labute approximate surface area is 174 Å². The van der Waals surface area contributed by atoms with Gasteiger partial charge in [-0.15, -0.1) is 0 Å². The van der Waals surface area contributed by atoms with Gasteiger partial charge in [-0.3, -0.25) is 9.59 Å². The van der Waals surface area contributed by atoms with Crippen molar-refractivity contribution in [3.63, 3.8) is 0 Å². The van der Waals surface area contributed by atoms with Crippen molar-refractivity contribution in [2.24, 2.45) is 0 Å². The Balaban J connectivity index is 1.75. The van der Waals surface area contributed by atoms with Crippen LogP contribution in [0.3, 0.4) is 0 Å². The number of rotatable bonds is 7. The Hall–Kier alpha value is -3.31. The third-order valence-electron chi connectivity index (χ3n) is 4.11. The standard InChI is InChI=1S/C23H21ClN2O3/c1-2-14-25-22(27)18-13-12-16(15-20(18)24)26-23(28)19-10-6-7-11-21(19)29-17-8-4-3-5-9-17/h3-13,15H,2,14H2,1H3,(H,25,27)(H,26,28). The fraction of sp³-hybridized carbons (Fsp3) is 0.130. The number of carbonyl (C=O) groups excluding carboxylic acids is 2. The van der Waals surface area contributed by atoms with Gasteiger partial charge in [0.05, 0.1) is 16.1 Å². The van der Waals surface area contributed by atoms with E-state index in [-0.39, 0.29) is 16.8 Å². The van der Waals surface area contributed by atoms with Crippen LogP contribution in [0.2, 0.25) is 5.02 Å². The van der Waals surface area contributed by atoms with Crippen LogP contribution in [0.4, 0.5) is 5.69 Å². The lowest BCUT2D eigenvalue weighted by molar-refractivity contribution is 0.0953. The Kier molecular flexibility index (Phi) is 6.87. The molecule has 3 aromatic rings. The zero-order valence-corrected chi connectivity index (χ0v) is 16.7. The molecule has 6 heteroatoms. The van der Waals surface area contributed by atoms with E-state index in [9.17, 15) is 9.59 Å². The topological polar surface area (TPSA) is 67.4 Å². The highest BCUT2D eigenvalue weighted by molar-refractivity contribution is 6.34. The minimum Gasteiger partial charge on any atom is -0.457 e. The van der Waals surface area contributed by atoms with Gasteiger partial charge in [0.1, 0.15) is 11.5 Å². The van der Waals surface area contributed by atoms with Crippen molar-refractivity contribution in [1.82, 2.24) is 5.32 Å². The maximum Gasteiger partial charge on any atom is 0.259 e. The van der Waals surface area contributed by atoms with Gasteiger partial charge in [-0.1, -0.05) is 48.9 Å². The van der Waals surface area contributed by atoms with Gasteiger partial charge in [0.15, 0.2) is 0 Å². The van der Waals surface area contributed by atoms with E-state index in [1.54, 1.807) is 42.5 Å². The largest absolute Gasteiger partial charge is 0.457 e. The summed E-state index contributed by atoms with van der Waals surface area (Å²) in [5.74, 6) is 0.503. The van der Waals surface area contributed by atoms with Crippen molar-refractivity contribution < 1.29 is 14.3 Å². The number of anilines is 1. The van der Waals surface area contributed by atoms with Gasteiger partial charge in [-0.25, -0.2) is 0 Å². The van der Waals surface area contributed by atoms with Crippen LogP contribution in [0.1, 0.15) is 34.1 Å². The fourth-order valence-electron chi connectivity index (χ4n) is 2.67. The summed E-state index contributed by atoms with van der Waals surface area (Å²) < 4.78 is 5.84. The van der Waals surface area contributed by atoms with Gasteiger partial charge in [0.25, 0.3) is 11.8 Å². The molecule has 0 heterocycles. The number of ether oxygens (including phenoxy) is 1. The van der Waals surface area contributed by atoms with Crippen molar-refractivity contribution in [2.45, 2.75) is 13.3 Å². The molecule has 0 aliphatic heterocycles. The number of hydrogen-bond acceptors (Lipinski definition) is 3. The third kappa shape index (κ3) is 5.36. The maximum absolute atomic E-state index is 12.8.